The first-order valence-electron chi connectivity index (χ1n) is 12.3. The summed E-state index contributed by atoms with van der Waals surface area (Å²) in [6.45, 7) is 3.35. The average Bonchev–Trinajstić information content (AvgIpc) is 3.30. The fraction of sp³-hybridized carbons (Fsp3) is 0.680. The van der Waals surface area contributed by atoms with E-state index < -0.39 is 7.58 Å². The Hall–Kier alpha value is -1.23. The third-order valence-corrected chi connectivity index (χ3v) is 7.97. The van der Waals surface area contributed by atoms with Gasteiger partial charge >= 0.3 is 0 Å². The number of nitrogens with one attached hydrogen (secondary N) is 2. The number of benzene rings is 1. The van der Waals surface area contributed by atoms with Gasteiger partial charge in [-0.1, -0.05) is 25.7 Å². The number of hydrogen-bond acceptors (Lipinski definition) is 4. The summed E-state index contributed by atoms with van der Waals surface area (Å²) in [7, 11) is -1.54. The summed E-state index contributed by atoms with van der Waals surface area (Å²) in [5.74, 6) is 0.798. The van der Waals surface area contributed by atoms with E-state index in [4.69, 9.17) is 0 Å². The monoisotopic (exact) mass is 479 g/mol. The van der Waals surface area contributed by atoms with Crippen LogP contribution in [0.1, 0.15) is 70.6 Å². The predicted octanol–water partition coefficient (Wildman–Crippen LogP) is 6.33. The van der Waals surface area contributed by atoms with Gasteiger partial charge in [0.2, 0.25) is 5.91 Å². The van der Waals surface area contributed by atoms with E-state index in [9.17, 15) is 9.36 Å². The normalized spacial score (nSPS) is 14.6. The number of hydrogen-bond donors (Lipinski definition) is 2. The first-order chi connectivity index (χ1) is 15.6. The maximum Gasteiger partial charge on any atom is 0.220 e. The third-order valence-electron chi connectivity index (χ3n) is 6.19. The Morgan fingerprint density at radius 3 is 2.31 bits per heavy atom. The highest BCUT2D eigenvalue weighted by Gasteiger charge is 2.17. The van der Waals surface area contributed by atoms with Crippen molar-refractivity contribution in [1.82, 2.24) is 9.99 Å². The van der Waals surface area contributed by atoms with Crippen LogP contribution in [0.3, 0.4) is 0 Å². The van der Waals surface area contributed by atoms with Crippen molar-refractivity contribution in [2.75, 3.05) is 37.8 Å². The molecule has 1 aliphatic carbocycles. The van der Waals surface area contributed by atoms with Crippen LogP contribution in [0, 0.1) is 5.92 Å². The van der Waals surface area contributed by atoms with Gasteiger partial charge in [-0.2, -0.15) is 0 Å². The molecular weight excluding hydrogens is 437 g/mol. The first kappa shape index (κ1) is 27.0. The molecule has 0 saturated heterocycles. The van der Waals surface area contributed by atoms with Gasteiger partial charge in [-0.15, -0.1) is 11.8 Å². The van der Waals surface area contributed by atoms with Gasteiger partial charge in [0.1, 0.15) is 0 Å². The average molecular weight is 480 g/mol. The Morgan fingerprint density at radius 1 is 1.03 bits per heavy atom. The van der Waals surface area contributed by atoms with Crippen LogP contribution in [-0.4, -0.2) is 49.3 Å². The highest BCUT2D eigenvalue weighted by molar-refractivity contribution is 7.98. The van der Waals surface area contributed by atoms with Gasteiger partial charge in [-0.25, -0.2) is 4.67 Å². The lowest BCUT2D eigenvalue weighted by molar-refractivity contribution is -0.121. The molecule has 2 rings (SSSR count). The van der Waals surface area contributed by atoms with Gasteiger partial charge in [0, 0.05) is 43.2 Å². The second-order valence-electron chi connectivity index (χ2n) is 8.79. The third kappa shape index (κ3) is 11.6. The highest BCUT2D eigenvalue weighted by Crippen LogP contribution is 2.27. The molecule has 1 amide bonds. The van der Waals surface area contributed by atoms with Crippen molar-refractivity contribution in [2.45, 2.75) is 75.5 Å². The molecule has 180 valence electrons. The zero-order chi connectivity index (χ0) is 23.0. The topological polar surface area (TPSA) is 61.4 Å². The minimum atomic E-state index is -1.54. The Morgan fingerprint density at radius 2 is 1.66 bits per heavy atom. The van der Waals surface area contributed by atoms with Crippen molar-refractivity contribution < 1.29 is 9.36 Å². The van der Waals surface area contributed by atoms with Crippen molar-refractivity contribution in [3.63, 3.8) is 0 Å². The van der Waals surface area contributed by atoms with Crippen molar-refractivity contribution in [1.29, 1.82) is 0 Å². The van der Waals surface area contributed by atoms with Crippen molar-refractivity contribution in [2.24, 2.45) is 5.92 Å². The van der Waals surface area contributed by atoms with Gasteiger partial charge < -0.3 is 10.6 Å². The van der Waals surface area contributed by atoms with E-state index in [0.29, 0.717) is 12.3 Å². The van der Waals surface area contributed by atoms with Crippen LogP contribution in [0.4, 0.5) is 5.69 Å². The Labute approximate surface area is 200 Å². The molecule has 0 spiro atoms. The van der Waals surface area contributed by atoms with Gasteiger partial charge in [-0.05, 0) is 81.3 Å². The summed E-state index contributed by atoms with van der Waals surface area (Å²) in [6, 6.07) is 8.56. The zero-order valence-corrected chi connectivity index (χ0v) is 21.5. The van der Waals surface area contributed by atoms with Crippen LogP contribution in [0.25, 0.3) is 0 Å². The fourth-order valence-corrected chi connectivity index (χ4v) is 5.38. The first-order valence-corrected chi connectivity index (χ1v) is 14.9. The number of carbonyl (C=O) groups is 1. The molecule has 7 heteroatoms. The Kier molecular flexibility index (Phi) is 13.8. The highest BCUT2D eigenvalue weighted by atomic mass is 32.2. The molecule has 0 aliphatic heterocycles. The van der Waals surface area contributed by atoms with Crippen LogP contribution in [0.2, 0.25) is 0 Å². The van der Waals surface area contributed by atoms with Crippen molar-refractivity contribution in [3.05, 3.63) is 24.3 Å². The maximum absolute atomic E-state index is 12.0. The molecule has 0 radical (unpaired) electrons. The predicted molar refractivity (Wildman–Crippen MR) is 140 cm³/mol. The minimum Gasteiger partial charge on any atom is -0.385 e. The lowest BCUT2D eigenvalue weighted by atomic mass is 10.0. The fourth-order valence-electron chi connectivity index (χ4n) is 4.25. The molecule has 1 aromatic rings. The molecule has 5 nitrogen and oxygen atoms in total. The molecule has 2 N–H and O–H groups in total. The minimum absolute atomic E-state index is 0.198. The van der Waals surface area contributed by atoms with E-state index in [-0.39, 0.29) is 5.91 Å². The summed E-state index contributed by atoms with van der Waals surface area (Å²) in [5.41, 5.74) is 1.18. The lowest BCUT2D eigenvalue weighted by Gasteiger charge is -2.16. The van der Waals surface area contributed by atoms with Crippen LogP contribution in [0.15, 0.2) is 29.2 Å². The molecule has 1 aromatic carbocycles. The van der Waals surface area contributed by atoms with Crippen molar-refractivity contribution in [3.8, 4) is 0 Å². The lowest BCUT2D eigenvalue weighted by Crippen LogP contribution is -2.26. The standard InChI is InChI=1S/C25H42N3O2PS/c1-31(30)28(20-10-8-18-27-25(29)21-22-11-5-6-12-22)19-9-4-3-7-17-26-23-13-15-24(32-2)16-14-23/h13-16,22,26H,1,3-12,17-21H2,2H3,(H,27,29). The van der Waals surface area contributed by atoms with E-state index in [2.05, 4.69) is 47.5 Å². The molecule has 1 fully saturated rings. The number of thioether (sulfide) groups is 1. The number of anilines is 1. The summed E-state index contributed by atoms with van der Waals surface area (Å²) in [5, 5.41) is 6.52. The molecule has 1 aliphatic rings. The van der Waals surface area contributed by atoms with Gasteiger partial charge in [-0.3, -0.25) is 9.36 Å². The summed E-state index contributed by atoms with van der Waals surface area (Å²) >= 11 is 1.76. The molecule has 1 atom stereocenters. The number of rotatable bonds is 17. The van der Waals surface area contributed by atoms with Gasteiger partial charge in [0.15, 0.2) is 7.58 Å². The number of nitrogens with zero attached hydrogens (tertiary/aromatic N) is 1. The number of carbonyl (C=O) groups excluding carboxylic acids is 1. The van der Waals surface area contributed by atoms with Gasteiger partial charge in [0.25, 0.3) is 0 Å². The molecule has 0 heterocycles. The summed E-state index contributed by atoms with van der Waals surface area (Å²) in [6.07, 6.45) is 17.9. The maximum atomic E-state index is 12.0. The van der Waals surface area contributed by atoms with Crippen LogP contribution in [0.5, 0.6) is 0 Å². The zero-order valence-electron chi connectivity index (χ0n) is 19.8. The van der Waals surface area contributed by atoms with E-state index in [1.54, 1.807) is 11.8 Å². The second-order valence-corrected chi connectivity index (χ2v) is 10.9. The number of amides is 1. The molecule has 1 unspecified atom stereocenters. The van der Waals surface area contributed by atoms with E-state index in [0.717, 1.165) is 58.3 Å². The molecular formula is C25H42N3O2PS. The summed E-state index contributed by atoms with van der Waals surface area (Å²) < 4.78 is 14.0. The summed E-state index contributed by atoms with van der Waals surface area (Å²) in [4.78, 5) is 13.3. The van der Waals surface area contributed by atoms with Crippen LogP contribution < -0.4 is 10.6 Å². The smallest absolute Gasteiger partial charge is 0.220 e. The Balaban J connectivity index is 1.46. The van der Waals surface area contributed by atoms with Crippen molar-refractivity contribution >= 4 is 37.2 Å². The van der Waals surface area contributed by atoms with E-state index >= 15 is 0 Å². The number of unbranched alkanes of at least 4 members (excludes halogenated alkanes) is 4. The Bertz CT molecular complexity index is 710. The quantitative estimate of drug-likeness (QED) is 0.155. The molecule has 0 aromatic heterocycles. The van der Waals surface area contributed by atoms with Crippen LogP contribution >= 0.6 is 19.3 Å². The largest absolute Gasteiger partial charge is 0.385 e. The molecule has 1 saturated carbocycles. The SMILES string of the molecule is C=P(=O)N(CCCCCCNc1ccc(SC)cc1)CCCCNC(=O)CC1CCCC1. The molecule has 0 bridgehead atoms. The van der Waals surface area contributed by atoms with E-state index in [1.165, 1.54) is 42.7 Å². The molecule has 32 heavy (non-hydrogen) atoms. The van der Waals surface area contributed by atoms with E-state index in [1.807, 2.05) is 4.67 Å². The van der Waals surface area contributed by atoms with Gasteiger partial charge in [0.05, 0.1) is 0 Å². The second kappa shape index (κ2) is 16.4. The van der Waals surface area contributed by atoms with Crippen LogP contribution in [-0.2, 0) is 9.36 Å².